The second-order valence-electron chi connectivity index (χ2n) is 5.90. The van der Waals surface area contributed by atoms with E-state index in [0.717, 1.165) is 31.7 Å². The Labute approximate surface area is 139 Å². The summed E-state index contributed by atoms with van der Waals surface area (Å²) in [5.41, 5.74) is 4.90. The standard InChI is InChI=1S/C16H27N5.ClH/c1-6-7-20-11-16(13(4)19-20)9-17-8-15-10-18-21(12(2)3)14(15)5;/h10-12,17H,6-9H2,1-5H3;1H. The van der Waals surface area contributed by atoms with Gasteiger partial charge < -0.3 is 5.32 Å². The van der Waals surface area contributed by atoms with Crippen LogP contribution in [0, 0.1) is 13.8 Å². The number of halogens is 1. The quantitative estimate of drug-likeness (QED) is 0.848. The number of hydrogen-bond donors (Lipinski definition) is 1. The SMILES string of the molecule is CCCn1cc(CNCc2cnn(C(C)C)c2C)c(C)n1.Cl. The van der Waals surface area contributed by atoms with Crippen LogP contribution in [0.1, 0.15) is 55.7 Å². The first-order chi connectivity index (χ1) is 10.0. The Morgan fingerprint density at radius 2 is 1.86 bits per heavy atom. The van der Waals surface area contributed by atoms with Crippen LogP contribution >= 0.6 is 12.4 Å². The van der Waals surface area contributed by atoms with Crippen LogP contribution < -0.4 is 5.32 Å². The van der Waals surface area contributed by atoms with Gasteiger partial charge in [-0.25, -0.2) is 0 Å². The van der Waals surface area contributed by atoms with E-state index >= 15 is 0 Å². The maximum Gasteiger partial charge on any atom is 0.0638 e. The summed E-state index contributed by atoms with van der Waals surface area (Å²) in [5, 5.41) is 12.5. The fourth-order valence-corrected chi connectivity index (χ4v) is 2.56. The fourth-order valence-electron chi connectivity index (χ4n) is 2.56. The number of nitrogens with zero attached hydrogens (tertiary/aromatic N) is 4. The third-order valence-corrected chi connectivity index (χ3v) is 3.77. The molecule has 0 saturated heterocycles. The Morgan fingerprint density at radius 1 is 1.18 bits per heavy atom. The normalized spacial score (nSPS) is 11.0. The molecule has 6 heteroatoms. The molecule has 2 aromatic rings. The van der Waals surface area contributed by atoms with Crippen molar-refractivity contribution in [2.24, 2.45) is 0 Å². The van der Waals surface area contributed by atoms with E-state index in [1.54, 1.807) is 0 Å². The highest BCUT2D eigenvalue weighted by Gasteiger charge is 2.09. The maximum absolute atomic E-state index is 4.53. The summed E-state index contributed by atoms with van der Waals surface area (Å²) in [5.74, 6) is 0. The molecule has 2 aromatic heterocycles. The van der Waals surface area contributed by atoms with Crippen LogP contribution in [-0.2, 0) is 19.6 Å². The van der Waals surface area contributed by atoms with Crippen molar-refractivity contribution in [3.8, 4) is 0 Å². The van der Waals surface area contributed by atoms with Gasteiger partial charge in [-0.05, 0) is 34.1 Å². The lowest BCUT2D eigenvalue weighted by atomic mass is 10.2. The molecule has 0 aliphatic carbocycles. The van der Waals surface area contributed by atoms with Crippen LogP contribution in [0.5, 0.6) is 0 Å². The third kappa shape index (κ3) is 4.34. The molecule has 124 valence electrons. The van der Waals surface area contributed by atoms with Gasteiger partial charge in [0.05, 0.1) is 11.9 Å². The first kappa shape index (κ1) is 18.7. The Bertz CT molecular complexity index is 585. The molecule has 0 aromatic carbocycles. The van der Waals surface area contributed by atoms with Crippen molar-refractivity contribution in [2.75, 3.05) is 0 Å². The number of nitrogens with one attached hydrogen (secondary N) is 1. The lowest BCUT2D eigenvalue weighted by Gasteiger charge is -2.09. The molecule has 0 unspecified atom stereocenters. The van der Waals surface area contributed by atoms with Crippen LogP contribution in [-0.4, -0.2) is 19.6 Å². The molecule has 2 heterocycles. The molecular weight excluding hydrogens is 298 g/mol. The van der Waals surface area contributed by atoms with E-state index in [1.807, 2.05) is 10.9 Å². The van der Waals surface area contributed by atoms with Crippen LogP contribution in [0.4, 0.5) is 0 Å². The molecule has 0 spiro atoms. The van der Waals surface area contributed by atoms with E-state index in [2.05, 4.69) is 61.0 Å². The molecule has 2 rings (SSSR count). The van der Waals surface area contributed by atoms with Crippen molar-refractivity contribution in [2.45, 2.75) is 66.7 Å². The van der Waals surface area contributed by atoms with Gasteiger partial charge >= 0.3 is 0 Å². The Balaban J connectivity index is 0.00000242. The summed E-state index contributed by atoms with van der Waals surface area (Å²) in [6.07, 6.45) is 5.23. The van der Waals surface area contributed by atoms with Crippen molar-refractivity contribution < 1.29 is 0 Å². The third-order valence-electron chi connectivity index (χ3n) is 3.77. The van der Waals surface area contributed by atoms with Gasteiger partial charge in [-0.2, -0.15) is 10.2 Å². The topological polar surface area (TPSA) is 47.7 Å². The highest BCUT2D eigenvalue weighted by Crippen LogP contribution is 2.13. The second-order valence-corrected chi connectivity index (χ2v) is 5.90. The first-order valence-corrected chi connectivity index (χ1v) is 7.79. The van der Waals surface area contributed by atoms with Crippen LogP contribution in [0.3, 0.4) is 0 Å². The molecule has 0 radical (unpaired) electrons. The van der Waals surface area contributed by atoms with Gasteiger partial charge in [0.2, 0.25) is 0 Å². The zero-order chi connectivity index (χ0) is 15.4. The average molecular weight is 326 g/mol. The van der Waals surface area contributed by atoms with Crippen molar-refractivity contribution in [3.63, 3.8) is 0 Å². The highest BCUT2D eigenvalue weighted by atomic mass is 35.5. The summed E-state index contributed by atoms with van der Waals surface area (Å²) in [7, 11) is 0. The van der Waals surface area contributed by atoms with E-state index in [9.17, 15) is 0 Å². The first-order valence-electron chi connectivity index (χ1n) is 7.79. The van der Waals surface area contributed by atoms with Gasteiger partial charge in [-0.3, -0.25) is 9.36 Å². The Hall–Kier alpha value is -1.33. The smallest absolute Gasteiger partial charge is 0.0638 e. The van der Waals surface area contributed by atoms with Gasteiger partial charge in [-0.1, -0.05) is 6.92 Å². The lowest BCUT2D eigenvalue weighted by Crippen LogP contribution is -2.14. The molecule has 1 N–H and O–H groups in total. The largest absolute Gasteiger partial charge is 0.308 e. The van der Waals surface area contributed by atoms with Crippen LogP contribution in [0.15, 0.2) is 12.4 Å². The van der Waals surface area contributed by atoms with Gasteiger partial charge in [0.1, 0.15) is 0 Å². The van der Waals surface area contributed by atoms with Gasteiger partial charge in [0.25, 0.3) is 0 Å². The zero-order valence-corrected chi connectivity index (χ0v) is 15.1. The molecular formula is C16H28ClN5. The summed E-state index contributed by atoms with van der Waals surface area (Å²) >= 11 is 0. The molecule has 0 atom stereocenters. The summed E-state index contributed by atoms with van der Waals surface area (Å²) in [6, 6.07) is 0.410. The molecule has 0 fully saturated rings. The van der Waals surface area contributed by atoms with E-state index in [4.69, 9.17) is 0 Å². The molecule has 0 amide bonds. The predicted octanol–water partition coefficient (Wildman–Crippen LogP) is 3.40. The molecule has 22 heavy (non-hydrogen) atoms. The minimum atomic E-state index is 0. The number of aryl methyl sites for hydroxylation is 2. The number of aromatic nitrogens is 4. The Morgan fingerprint density at radius 3 is 2.45 bits per heavy atom. The molecule has 0 saturated carbocycles. The number of rotatable bonds is 7. The van der Waals surface area contributed by atoms with E-state index in [1.165, 1.54) is 16.8 Å². The molecule has 0 aliphatic rings. The fraction of sp³-hybridized carbons (Fsp3) is 0.625. The van der Waals surface area contributed by atoms with Crippen LogP contribution in [0.25, 0.3) is 0 Å². The number of hydrogen-bond acceptors (Lipinski definition) is 3. The summed E-state index contributed by atoms with van der Waals surface area (Å²) in [4.78, 5) is 0. The van der Waals surface area contributed by atoms with Crippen molar-refractivity contribution >= 4 is 12.4 Å². The zero-order valence-electron chi connectivity index (χ0n) is 14.3. The van der Waals surface area contributed by atoms with Gasteiger partial charge in [0, 0.05) is 48.7 Å². The minimum absolute atomic E-state index is 0. The molecule has 0 bridgehead atoms. The maximum atomic E-state index is 4.53. The van der Waals surface area contributed by atoms with Crippen molar-refractivity contribution in [3.05, 3.63) is 34.9 Å². The monoisotopic (exact) mass is 325 g/mol. The Kier molecular flexibility index (Phi) is 7.10. The van der Waals surface area contributed by atoms with Crippen molar-refractivity contribution in [1.29, 1.82) is 0 Å². The van der Waals surface area contributed by atoms with Gasteiger partial charge in [-0.15, -0.1) is 12.4 Å². The molecule has 0 aliphatic heterocycles. The highest BCUT2D eigenvalue weighted by molar-refractivity contribution is 5.85. The second kappa shape index (κ2) is 8.34. The van der Waals surface area contributed by atoms with Gasteiger partial charge in [0.15, 0.2) is 0 Å². The summed E-state index contributed by atoms with van der Waals surface area (Å²) in [6.45, 7) is 13.4. The minimum Gasteiger partial charge on any atom is -0.308 e. The van der Waals surface area contributed by atoms with Crippen LogP contribution in [0.2, 0.25) is 0 Å². The predicted molar refractivity (Wildman–Crippen MR) is 92.4 cm³/mol. The van der Waals surface area contributed by atoms with E-state index < -0.39 is 0 Å². The van der Waals surface area contributed by atoms with Crippen molar-refractivity contribution in [1.82, 2.24) is 24.9 Å². The van der Waals surface area contributed by atoms with E-state index in [-0.39, 0.29) is 12.4 Å². The average Bonchev–Trinajstić information content (AvgIpc) is 2.95. The van der Waals surface area contributed by atoms with E-state index in [0.29, 0.717) is 6.04 Å². The lowest BCUT2D eigenvalue weighted by molar-refractivity contribution is 0.517. The molecule has 5 nitrogen and oxygen atoms in total. The summed E-state index contributed by atoms with van der Waals surface area (Å²) < 4.78 is 4.11.